The lowest BCUT2D eigenvalue weighted by molar-refractivity contribution is 0.0880. The maximum Gasteiger partial charge on any atom is 0.128 e. The molecule has 1 N–H and O–H groups in total. The van der Waals surface area contributed by atoms with E-state index in [1.807, 2.05) is 13.8 Å². The number of methoxy groups -OCH3 is 1. The number of nitrogens with one attached hydrogen (secondary N) is 1. The molecule has 1 aromatic heterocycles. The quantitative estimate of drug-likeness (QED) is 0.923. The first-order valence-corrected chi connectivity index (χ1v) is 7.45. The van der Waals surface area contributed by atoms with Gasteiger partial charge in [-0.05, 0) is 39.5 Å². The highest BCUT2D eigenvalue weighted by Gasteiger charge is 2.44. The molecule has 3 nitrogen and oxygen atoms in total. The van der Waals surface area contributed by atoms with Gasteiger partial charge in [-0.2, -0.15) is 0 Å². The summed E-state index contributed by atoms with van der Waals surface area (Å²) < 4.78 is 20.6. The summed E-state index contributed by atoms with van der Waals surface area (Å²) in [6, 6.07) is 0.706. The van der Waals surface area contributed by atoms with Crippen LogP contribution in [0.4, 0.5) is 4.39 Å². The molecule has 0 spiro atoms. The van der Waals surface area contributed by atoms with E-state index in [-0.39, 0.29) is 0 Å². The van der Waals surface area contributed by atoms with Crippen molar-refractivity contribution in [1.29, 1.82) is 0 Å². The zero-order valence-corrected chi connectivity index (χ0v) is 12.5. The van der Waals surface area contributed by atoms with Gasteiger partial charge in [-0.1, -0.05) is 0 Å². The van der Waals surface area contributed by atoms with Gasteiger partial charge in [-0.15, -0.1) is 0 Å². The van der Waals surface area contributed by atoms with Crippen LogP contribution in [0.5, 0.6) is 5.75 Å². The number of aromatic nitrogens is 1. The minimum Gasteiger partial charge on any atom is -0.496 e. The van der Waals surface area contributed by atoms with E-state index in [1.54, 1.807) is 13.3 Å². The molecule has 3 rings (SSSR count). The highest BCUT2D eigenvalue weighted by atomic mass is 19.1. The molecule has 4 heteroatoms. The van der Waals surface area contributed by atoms with Crippen molar-refractivity contribution in [1.82, 2.24) is 10.3 Å². The standard InChI is InChI=1S/C16H23FN2O/c1-10-9-18-14(11(2)15(10)20-3)8-16(17)6-12-4-5-13(7-16)19-12/h9,12-13,19H,4-8H2,1-3H3. The van der Waals surface area contributed by atoms with Crippen LogP contribution in [-0.4, -0.2) is 29.8 Å². The Morgan fingerprint density at radius 3 is 2.60 bits per heavy atom. The number of nitrogens with zero attached hydrogens (tertiary/aromatic N) is 1. The average molecular weight is 278 g/mol. The Labute approximate surface area is 119 Å². The zero-order valence-electron chi connectivity index (χ0n) is 12.5. The summed E-state index contributed by atoms with van der Waals surface area (Å²) in [6.45, 7) is 3.95. The Morgan fingerprint density at radius 1 is 1.35 bits per heavy atom. The number of alkyl halides is 1. The van der Waals surface area contributed by atoms with Gasteiger partial charge < -0.3 is 10.1 Å². The average Bonchev–Trinajstić information content (AvgIpc) is 2.74. The van der Waals surface area contributed by atoms with Crippen molar-refractivity contribution in [3.63, 3.8) is 0 Å². The number of hydrogen-bond acceptors (Lipinski definition) is 3. The van der Waals surface area contributed by atoms with Gasteiger partial charge in [0.05, 0.1) is 12.8 Å². The number of fused-ring (bicyclic) bond motifs is 2. The summed E-state index contributed by atoms with van der Waals surface area (Å²) in [5, 5.41) is 3.49. The van der Waals surface area contributed by atoms with Crippen molar-refractivity contribution in [2.75, 3.05) is 7.11 Å². The Bertz CT molecular complexity index is 505. The predicted octanol–water partition coefficient (Wildman–Crippen LogP) is 2.87. The number of ether oxygens (including phenoxy) is 1. The summed E-state index contributed by atoms with van der Waals surface area (Å²) in [5.74, 6) is 0.843. The largest absolute Gasteiger partial charge is 0.496 e. The lowest BCUT2D eigenvalue weighted by Crippen LogP contribution is -2.47. The molecule has 0 amide bonds. The molecule has 0 aromatic carbocycles. The van der Waals surface area contributed by atoms with Gasteiger partial charge in [0.25, 0.3) is 0 Å². The van der Waals surface area contributed by atoms with Crippen LogP contribution in [0.2, 0.25) is 0 Å². The fourth-order valence-corrected chi connectivity index (χ4v) is 3.88. The van der Waals surface area contributed by atoms with Crippen LogP contribution in [0, 0.1) is 13.8 Å². The lowest BCUT2D eigenvalue weighted by atomic mass is 9.84. The van der Waals surface area contributed by atoms with Gasteiger partial charge in [0.1, 0.15) is 11.4 Å². The number of piperidine rings is 1. The maximum absolute atomic E-state index is 15.2. The van der Waals surface area contributed by atoms with Crippen LogP contribution < -0.4 is 10.1 Å². The highest BCUT2D eigenvalue weighted by Crippen LogP contribution is 2.39. The number of hydrogen-bond donors (Lipinski definition) is 1. The van der Waals surface area contributed by atoms with Crippen molar-refractivity contribution >= 4 is 0 Å². The van der Waals surface area contributed by atoms with Crippen LogP contribution in [-0.2, 0) is 6.42 Å². The smallest absolute Gasteiger partial charge is 0.128 e. The van der Waals surface area contributed by atoms with E-state index in [0.717, 1.165) is 35.4 Å². The molecule has 2 unspecified atom stereocenters. The molecular formula is C16H23FN2O. The minimum atomic E-state index is -1.12. The van der Waals surface area contributed by atoms with E-state index in [9.17, 15) is 0 Å². The molecule has 0 aliphatic carbocycles. The summed E-state index contributed by atoms with van der Waals surface area (Å²) in [5.41, 5.74) is 1.72. The van der Waals surface area contributed by atoms with E-state index in [2.05, 4.69) is 10.3 Å². The molecule has 0 saturated carbocycles. The second kappa shape index (κ2) is 4.99. The highest BCUT2D eigenvalue weighted by molar-refractivity contribution is 5.41. The SMILES string of the molecule is COc1c(C)cnc(CC2(F)CC3CCC(C2)N3)c1C. The Hall–Kier alpha value is -1.16. The van der Waals surface area contributed by atoms with Gasteiger partial charge in [-0.3, -0.25) is 4.98 Å². The van der Waals surface area contributed by atoms with Crippen molar-refractivity contribution in [3.05, 3.63) is 23.0 Å². The second-order valence-electron chi connectivity index (χ2n) is 6.42. The molecule has 3 heterocycles. The van der Waals surface area contributed by atoms with Crippen LogP contribution in [0.25, 0.3) is 0 Å². The molecule has 2 aliphatic rings. The number of aryl methyl sites for hydroxylation is 1. The third-order valence-corrected chi connectivity index (χ3v) is 4.79. The second-order valence-corrected chi connectivity index (χ2v) is 6.42. The summed E-state index contributed by atoms with van der Waals surface area (Å²) in [7, 11) is 1.66. The molecule has 2 saturated heterocycles. The molecule has 2 atom stereocenters. The fraction of sp³-hybridized carbons (Fsp3) is 0.688. The number of halogens is 1. The molecule has 1 aromatic rings. The summed E-state index contributed by atoms with van der Waals surface area (Å²) in [4.78, 5) is 4.46. The van der Waals surface area contributed by atoms with Crippen LogP contribution >= 0.6 is 0 Å². The lowest BCUT2D eigenvalue weighted by Gasteiger charge is -2.35. The normalized spacial score (nSPS) is 32.4. The number of rotatable bonds is 3. The molecule has 2 aliphatic heterocycles. The van der Waals surface area contributed by atoms with Gasteiger partial charge in [0, 0.05) is 35.8 Å². The van der Waals surface area contributed by atoms with Crippen molar-refractivity contribution in [2.24, 2.45) is 0 Å². The summed E-state index contributed by atoms with van der Waals surface area (Å²) >= 11 is 0. The van der Waals surface area contributed by atoms with Gasteiger partial charge in [0.2, 0.25) is 0 Å². The topological polar surface area (TPSA) is 34.1 Å². The van der Waals surface area contributed by atoms with E-state index >= 15 is 4.39 Å². The van der Waals surface area contributed by atoms with Crippen LogP contribution in [0.1, 0.15) is 42.5 Å². The third-order valence-electron chi connectivity index (χ3n) is 4.79. The Balaban J connectivity index is 1.84. The van der Waals surface area contributed by atoms with Crippen molar-refractivity contribution in [3.8, 4) is 5.75 Å². The number of pyridine rings is 1. The van der Waals surface area contributed by atoms with Gasteiger partial charge >= 0.3 is 0 Å². The predicted molar refractivity (Wildman–Crippen MR) is 77.0 cm³/mol. The molecular weight excluding hydrogens is 255 g/mol. The Kier molecular flexibility index (Phi) is 3.44. The third kappa shape index (κ3) is 2.41. The maximum atomic E-state index is 15.2. The van der Waals surface area contributed by atoms with Crippen LogP contribution in [0.3, 0.4) is 0 Å². The molecule has 110 valence electrons. The molecule has 2 fully saturated rings. The molecule has 0 radical (unpaired) electrons. The summed E-state index contributed by atoms with van der Waals surface area (Å²) in [6.07, 6.45) is 5.64. The van der Waals surface area contributed by atoms with Gasteiger partial charge in [-0.25, -0.2) is 4.39 Å². The first-order chi connectivity index (χ1) is 9.50. The first kappa shape index (κ1) is 13.8. The monoisotopic (exact) mass is 278 g/mol. The fourth-order valence-electron chi connectivity index (χ4n) is 3.88. The van der Waals surface area contributed by atoms with Crippen molar-refractivity contribution in [2.45, 2.75) is 63.7 Å². The van der Waals surface area contributed by atoms with E-state index in [4.69, 9.17) is 4.74 Å². The Morgan fingerprint density at radius 2 is 2.00 bits per heavy atom. The van der Waals surface area contributed by atoms with E-state index in [0.29, 0.717) is 31.3 Å². The molecule has 20 heavy (non-hydrogen) atoms. The van der Waals surface area contributed by atoms with E-state index in [1.165, 1.54) is 0 Å². The minimum absolute atomic E-state index is 0.353. The van der Waals surface area contributed by atoms with Gasteiger partial charge in [0.15, 0.2) is 0 Å². The molecule has 2 bridgehead atoms. The first-order valence-electron chi connectivity index (χ1n) is 7.45. The van der Waals surface area contributed by atoms with E-state index < -0.39 is 5.67 Å². The zero-order chi connectivity index (χ0) is 14.3. The van der Waals surface area contributed by atoms with Crippen molar-refractivity contribution < 1.29 is 9.13 Å². The van der Waals surface area contributed by atoms with Crippen LogP contribution in [0.15, 0.2) is 6.20 Å².